The lowest BCUT2D eigenvalue weighted by Gasteiger charge is -2.28. The van der Waals surface area contributed by atoms with Crippen LogP contribution in [0, 0.1) is 5.92 Å². The molecular weight excluding hydrogens is 274 g/mol. The molecule has 1 heterocycles. The van der Waals surface area contributed by atoms with Crippen molar-refractivity contribution in [2.75, 3.05) is 26.7 Å². The van der Waals surface area contributed by atoms with E-state index >= 15 is 0 Å². The zero-order valence-corrected chi connectivity index (χ0v) is 13.5. The van der Waals surface area contributed by atoms with Crippen LogP contribution in [-0.2, 0) is 12.8 Å². The van der Waals surface area contributed by atoms with Gasteiger partial charge in [-0.3, -0.25) is 0 Å². The summed E-state index contributed by atoms with van der Waals surface area (Å²) >= 11 is 0. The molecule has 2 aliphatic rings. The Kier molecular flexibility index (Phi) is 4.98. The SMILES string of the molecule is CN1CCC(CCNC(=O)NC2Cc3ccccc3C2)CC1. The molecule has 4 heteroatoms. The topological polar surface area (TPSA) is 44.4 Å². The minimum atomic E-state index is -0.00858. The van der Waals surface area contributed by atoms with Gasteiger partial charge in [0.1, 0.15) is 0 Å². The molecule has 0 atom stereocenters. The van der Waals surface area contributed by atoms with Crippen LogP contribution in [0.25, 0.3) is 0 Å². The monoisotopic (exact) mass is 301 g/mol. The molecule has 120 valence electrons. The van der Waals surface area contributed by atoms with Gasteiger partial charge in [-0.15, -0.1) is 0 Å². The molecule has 22 heavy (non-hydrogen) atoms. The fourth-order valence-electron chi connectivity index (χ4n) is 3.64. The number of rotatable bonds is 4. The van der Waals surface area contributed by atoms with Gasteiger partial charge in [-0.1, -0.05) is 24.3 Å². The van der Waals surface area contributed by atoms with E-state index in [1.165, 1.54) is 37.1 Å². The Morgan fingerprint density at radius 2 is 1.82 bits per heavy atom. The van der Waals surface area contributed by atoms with Crippen LogP contribution >= 0.6 is 0 Å². The molecule has 1 aliphatic heterocycles. The number of carbonyl (C=O) groups excluding carboxylic acids is 1. The molecule has 0 bridgehead atoms. The molecule has 4 nitrogen and oxygen atoms in total. The first-order valence-corrected chi connectivity index (χ1v) is 8.50. The number of hydrogen-bond donors (Lipinski definition) is 2. The predicted octanol–water partition coefficient (Wildman–Crippen LogP) is 2.18. The number of amides is 2. The van der Waals surface area contributed by atoms with Crippen LogP contribution in [-0.4, -0.2) is 43.7 Å². The number of fused-ring (bicyclic) bond motifs is 1. The van der Waals surface area contributed by atoms with Gasteiger partial charge in [0.05, 0.1) is 0 Å². The standard InChI is InChI=1S/C18H27N3O/c1-21-10-7-14(8-11-21)6-9-19-18(22)20-17-12-15-4-2-3-5-16(15)13-17/h2-5,14,17H,6-13H2,1H3,(H2,19,20,22). The van der Waals surface area contributed by atoms with E-state index in [0.717, 1.165) is 31.7 Å². The lowest BCUT2D eigenvalue weighted by Crippen LogP contribution is -2.43. The molecule has 0 aromatic heterocycles. The number of nitrogens with zero attached hydrogens (tertiary/aromatic N) is 1. The molecule has 2 N–H and O–H groups in total. The van der Waals surface area contributed by atoms with Crippen molar-refractivity contribution in [3.63, 3.8) is 0 Å². The summed E-state index contributed by atoms with van der Waals surface area (Å²) in [5.74, 6) is 0.771. The first kappa shape index (κ1) is 15.3. The van der Waals surface area contributed by atoms with E-state index in [1.54, 1.807) is 0 Å². The number of piperidine rings is 1. The first-order valence-electron chi connectivity index (χ1n) is 8.50. The summed E-state index contributed by atoms with van der Waals surface area (Å²) in [5.41, 5.74) is 2.75. The quantitative estimate of drug-likeness (QED) is 0.895. The number of nitrogens with one attached hydrogen (secondary N) is 2. The summed E-state index contributed by atoms with van der Waals surface area (Å²) in [6.07, 6.45) is 5.54. The Balaban J connectivity index is 1.34. The van der Waals surface area contributed by atoms with Crippen LogP contribution in [0.5, 0.6) is 0 Å². The molecule has 3 rings (SSSR count). The number of hydrogen-bond acceptors (Lipinski definition) is 2. The second-order valence-corrected chi connectivity index (χ2v) is 6.81. The number of benzene rings is 1. The predicted molar refractivity (Wildman–Crippen MR) is 89.0 cm³/mol. The van der Waals surface area contributed by atoms with Crippen LogP contribution in [0.1, 0.15) is 30.4 Å². The highest BCUT2D eigenvalue weighted by molar-refractivity contribution is 5.74. The van der Waals surface area contributed by atoms with E-state index in [2.05, 4.69) is 46.8 Å². The Morgan fingerprint density at radius 3 is 2.45 bits per heavy atom. The van der Waals surface area contributed by atoms with Crippen LogP contribution in [0.2, 0.25) is 0 Å². The van der Waals surface area contributed by atoms with Gasteiger partial charge in [-0.2, -0.15) is 0 Å². The summed E-state index contributed by atoms with van der Waals surface area (Å²) < 4.78 is 0. The molecule has 1 saturated heterocycles. The molecule has 0 saturated carbocycles. The van der Waals surface area contributed by atoms with Crippen molar-refractivity contribution in [1.82, 2.24) is 15.5 Å². The summed E-state index contributed by atoms with van der Waals surface area (Å²) in [7, 11) is 2.18. The van der Waals surface area contributed by atoms with Gasteiger partial charge < -0.3 is 15.5 Å². The molecule has 1 aromatic carbocycles. The summed E-state index contributed by atoms with van der Waals surface area (Å²) in [5, 5.41) is 6.14. The Labute approximate surface area is 133 Å². The third-order valence-electron chi connectivity index (χ3n) is 5.06. The van der Waals surface area contributed by atoms with Crippen molar-refractivity contribution < 1.29 is 4.79 Å². The van der Waals surface area contributed by atoms with Crippen molar-refractivity contribution in [2.24, 2.45) is 5.92 Å². The van der Waals surface area contributed by atoms with Gasteiger partial charge in [-0.05, 0) is 69.3 Å². The lowest BCUT2D eigenvalue weighted by atomic mass is 9.94. The summed E-state index contributed by atoms with van der Waals surface area (Å²) in [6.45, 7) is 3.17. The van der Waals surface area contributed by atoms with Crippen LogP contribution in [0.4, 0.5) is 4.79 Å². The Morgan fingerprint density at radius 1 is 1.18 bits per heavy atom. The fourth-order valence-corrected chi connectivity index (χ4v) is 3.64. The van der Waals surface area contributed by atoms with E-state index in [1.807, 2.05) is 0 Å². The highest BCUT2D eigenvalue weighted by atomic mass is 16.2. The van der Waals surface area contributed by atoms with E-state index < -0.39 is 0 Å². The van der Waals surface area contributed by atoms with Gasteiger partial charge in [0.25, 0.3) is 0 Å². The highest BCUT2D eigenvalue weighted by Crippen LogP contribution is 2.21. The Hall–Kier alpha value is -1.55. The van der Waals surface area contributed by atoms with Crippen molar-refractivity contribution in [2.45, 2.75) is 38.1 Å². The van der Waals surface area contributed by atoms with Crippen molar-refractivity contribution in [1.29, 1.82) is 0 Å². The van der Waals surface area contributed by atoms with Crippen molar-refractivity contribution in [3.8, 4) is 0 Å². The maximum absolute atomic E-state index is 12.0. The highest BCUT2D eigenvalue weighted by Gasteiger charge is 2.22. The fraction of sp³-hybridized carbons (Fsp3) is 0.611. The van der Waals surface area contributed by atoms with Crippen LogP contribution in [0.3, 0.4) is 0 Å². The average molecular weight is 301 g/mol. The van der Waals surface area contributed by atoms with Gasteiger partial charge in [0.15, 0.2) is 0 Å². The zero-order chi connectivity index (χ0) is 15.4. The van der Waals surface area contributed by atoms with Gasteiger partial charge in [0.2, 0.25) is 0 Å². The average Bonchev–Trinajstić information content (AvgIpc) is 2.91. The molecular formula is C18H27N3O. The van der Waals surface area contributed by atoms with E-state index in [4.69, 9.17) is 0 Å². The third kappa shape index (κ3) is 4.01. The van der Waals surface area contributed by atoms with Crippen LogP contribution in [0.15, 0.2) is 24.3 Å². The Bertz CT molecular complexity index is 484. The third-order valence-corrected chi connectivity index (χ3v) is 5.06. The van der Waals surface area contributed by atoms with Crippen molar-refractivity contribution >= 4 is 6.03 Å². The van der Waals surface area contributed by atoms with E-state index in [9.17, 15) is 4.79 Å². The molecule has 0 radical (unpaired) electrons. The smallest absolute Gasteiger partial charge is 0.315 e. The van der Waals surface area contributed by atoms with Crippen LogP contribution < -0.4 is 10.6 Å². The van der Waals surface area contributed by atoms with Gasteiger partial charge in [-0.25, -0.2) is 4.79 Å². The normalized spacial score (nSPS) is 19.9. The largest absolute Gasteiger partial charge is 0.338 e. The molecule has 1 aliphatic carbocycles. The zero-order valence-electron chi connectivity index (χ0n) is 13.5. The molecule has 1 aromatic rings. The first-order chi connectivity index (χ1) is 10.7. The van der Waals surface area contributed by atoms with Gasteiger partial charge >= 0.3 is 6.03 Å². The maximum atomic E-state index is 12.0. The maximum Gasteiger partial charge on any atom is 0.315 e. The van der Waals surface area contributed by atoms with Crippen molar-refractivity contribution in [3.05, 3.63) is 35.4 Å². The lowest BCUT2D eigenvalue weighted by molar-refractivity contribution is 0.209. The molecule has 0 unspecified atom stereocenters. The second-order valence-electron chi connectivity index (χ2n) is 6.81. The minimum Gasteiger partial charge on any atom is -0.338 e. The minimum absolute atomic E-state index is 0.00858. The summed E-state index contributed by atoms with van der Waals surface area (Å²) in [4.78, 5) is 14.4. The molecule has 2 amide bonds. The number of urea groups is 1. The van der Waals surface area contributed by atoms with E-state index in [0.29, 0.717) is 0 Å². The van der Waals surface area contributed by atoms with Gasteiger partial charge in [0, 0.05) is 12.6 Å². The second kappa shape index (κ2) is 7.14. The molecule has 1 fully saturated rings. The number of likely N-dealkylation sites (tertiary alicyclic amines) is 1. The number of carbonyl (C=O) groups is 1. The van der Waals surface area contributed by atoms with E-state index in [-0.39, 0.29) is 12.1 Å². The summed E-state index contributed by atoms with van der Waals surface area (Å²) in [6, 6.07) is 8.71. The molecule has 0 spiro atoms.